The molecule has 3 nitrogen and oxygen atoms in total. The van der Waals surface area contributed by atoms with Crippen LogP contribution in [0.2, 0.25) is 0 Å². The first-order chi connectivity index (χ1) is 8.15. The molecular formula is C14H24O3. The Kier molecular flexibility index (Phi) is 4.08. The number of methoxy groups -OCH3 is 1. The second-order valence-corrected chi connectivity index (χ2v) is 5.75. The number of hydrogen-bond donors (Lipinski definition) is 1. The van der Waals surface area contributed by atoms with E-state index in [1.165, 1.54) is 20.0 Å². The fraction of sp³-hybridized carbons (Fsp3) is 0.929. The smallest absolute Gasteiger partial charge is 0.305 e. The van der Waals surface area contributed by atoms with Crippen LogP contribution in [0.3, 0.4) is 0 Å². The zero-order valence-corrected chi connectivity index (χ0v) is 10.9. The Morgan fingerprint density at radius 3 is 2.65 bits per heavy atom. The van der Waals surface area contributed by atoms with Crippen molar-refractivity contribution in [3.63, 3.8) is 0 Å². The SMILES string of the molecule is CCC1CC1C[C@H]1[C@H](CC(=O)OC)CC[C@H]1O. The van der Waals surface area contributed by atoms with E-state index in [1.807, 2.05) is 0 Å². The molecule has 2 aliphatic rings. The molecule has 0 aromatic rings. The molecule has 2 aliphatic carbocycles. The van der Waals surface area contributed by atoms with Gasteiger partial charge in [0.05, 0.1) is 13.2 Å². The fourth-order valence-corrected chi connectivity index (χ4v) is 3.48. The third-order valence-electron chi connectivity index (χ3n) is 4.76. The number of rotatable bonds is 5. The first-order valence-corrected chi connectivity index (χ1v) is 6.90. The minimum Gasteiger partial charge on any atom is -0.469 e. The van der Waals surface area contributed by atoms with Crippen LogP contribution in [0.4, 0.5) is 0 Å². The summed E-state index contributed by atoms with van der Waals surface area (Å²) < 4.78 is 4.74. The van der Waals surface area contributed by atoms with Gasteiger partial charge in [0.15, 0.2) is 0 Å². The van der Waals surface area contributed by atoms with Crippen molar-refractivity contribution in [2.75, 3.05) is 7.11 Å². The quantitative estimate of drug-likeness (QED) is 0.750. The highest BCUT2D eigenvalue weighted by Gasteiger charge is 2.43. The van der Waals surface area contributed by atoms with E-state index in [9.17, 15) is 9.90 Å². The molecule has 5 atom stereocenters. The molecule has 2 saturated carbocycles. The molecule has 0 saturated heterocycles. The van der Waals surface area contributed by atoms with E-state index in [4.69, 9.17) is 4.74 Å². The summed E-state index contributed by atoms with van der Waals surface area (Å²) in [6.45, 7) is 2.24. The standard InChI is InChI=1S/C14H24O3/c1-3-9-6-11(9)7-12-10(4-5-13(12)15)8-14(16)17-2/h9-13,15H,3-8H2,1-2H3/t9?,10-,11?,12-,13+/m0/s1. The minimum atomic E-state index is -0.192. The summed E-state index contributed by atoms with van der Waals surface area (Å²) in [5, 5.41) is 10.0. The summed E-state index contributed by atoms with van der Waals surface area (Å²) in [6, 6.07) is 0. The van der Waals surface area contributed by atoms with Crippen LogP contribution in [0, 0.1) is 23.7 Å². The van der Waals surface area contributed by atoms with Crippen molar-refractivity contribution in [1.29, 1.82) is 0 Å². The van der Waals surface area contributed by atoms with E-state index >= 15 is 0 Å². The summed E-state index contributed by atoms with van der Waals surface area (Å²) in [5.41, 5.74) is 0. The highest BCUT2D eigenvalue weighted by Crippen LogP contribution is 2.49. The third kappa shape index (κ3) is 3.01. The van der Waals surface area contributed by atoms with Crippen LogP contribution in [0.1, 0.15) is 45.4 Å². The van der Waals surface area contributed by atoms with Gasteiger partial charge in [0.25, 0.3) is 0 Å². The number of aliphatic hydroxyl groups is 1. The van der Waals surface area contributed by atoms with Gasteiger partial charge < -0.3 is 9.84 Å². The van der Waals surface area contributed by atoms with Crippen LogP contribution in [0.25, 0.3) is 0 Å². The van der Waals surface area contributed by atoms with Gasteiger partial charge in [0.2, 0.25) is 0 Å². The van der Waals surface area contributed by atoms with Crippen molar-refractivity contribution in [2.24, 2.45) is 23.7 Å². The summed E-state index contributed by atoms with van der Waals surface area (Å²) in [5.74, 6) is 2.22. The number of carbonyl (C=O) groups is 1. The van der Waals surface area contributed by atoms with Crippen LogP contribution in [0.5, 0.6) is 0 Å². The van der Waals surface area contributed by atoms with Gasteiger partial charge in [-0.05, 0) is 49.4 Å². The highest BCUT2D eigenvalue weighted by atomic mass is 16.5. The lowest BCUT2D eigenvalue weighted by Crippen LogP contribution is -2.22. The van der Waals surface area contributed by atoms with Gasteiger partial charge in [-0.3, -0.25) is 4.79 Å². The Morgan fingerprint density at radius 1 is 1.29 bits per heavy atom. The molecule has 0 bridgehead atoms. The molecule has 0 heterocycles. The molecule has 0 spiro atoms. The molecule has 0 aromatic heterocycles. The Hall–Kier alpha value is -0.570. The molecule has 1 N–H and O–H groups in total. The molecule has 17 heavy (non-hydrogen) atoms. The van der Waals surface area contributed by atoms with E-state index < -0.39 is 0 Å². The molecule has 2 rings (SSSR count). The van der Waals surface area contributed by atoms with Crippen molar-refractivity contribution >= 4 is 5.97 Å². The average molecular weight is 240 g/mol. The molecule has 0 aliphatic heterocycles. The predicted molar refractivity (Wildman–Crippen MR) is 65.4 cm³/mol. The normalized spacial score (nSPS) is 40.3. The minimum absolute atomic E-state index is 0.128. The van der Waals surface area contributed by atoms with Crippen LogP contribution in [0.15, 0.2) is 0 Å². The first-order valence-electron chi connectivity index (χ1n) is 6.90. The molecule has 0 radical (unpaired) electrons. The van der Waals surface area contributed by atoms with Gasteiger partial charge in [-0.15, -0.1) is 0 Å². The highest BCUT2D eigenvalue weighted by molar-refractivity contribution is 5.69. The molecule has 0 aromatic carbocycles. The van der Waals surface area contributed by atoms with Crippen LogP contribution >= 0.6 is 0 Å². The van der Waals surface area contributed by atoms with Gasteiger partial charge in [-0.2, -0.15) is 0 Å². The monoisotopic (exact) mass is 240 g/mol. The maximum Gasteiger partial charge on any atom is 0.305 e. The lowest BCUT2D eigenvalue weighted by molar-refractivity contribution is -0.142. The van der Waals surface area contributed by atoms with Crippen molar-refractivity contribution < 1.29 is 14.6 Å². The van der Waals surface area contributed by atoms with E-state index in [1.54, 1.807) is 0 Å². The summed E-state index contributed by atoms with van der Waals surface area (Å²) in [6.07, 6.45) is 5.83. The number of esters is 1. The number of carbonyl (C=O) groups excluding carboxylic acids is 1. The second-order valence-electron chi connectivity index (χ2n) is 5.75. The Bertz CT molecular complexity index is 277. The molecular weight excluding hydrogens is 216 g/mol. The topological polar surface area (TPSA) is 46.5 Å². The van der Waals surface area contributed by atoms with Crippen molar-refractivity contribution in [3.8, 4) is 0 Å². The number of aliphatic hydroxyl groups excluding tert-OH is 1. The summed E-state index contributed by atoms with van der Waals surface area (Å²) in [4.78, 5) is 11.3. The molecule has 98 valence electrons. The van der Waals surface area contributed by atoms with E-state index in [-0.39, 0.29) is 12.1 Å². The lowest BCUT2D eigenvalue weighted by atomic mass is 9.87. The van der Waals surface area contributed by atoms with Crippen molar-refractivity contribution in [1.82, 2.24) is 0 Å². The Morgan fingerprint density at radius 2 is 2.06 bits per heavy atom. The van der Waals surface area contributed by atoms with Crippen LogP contribution < -0.4 is 0 Å². The van der Waals surface area contributed by atoms with Gasteiger partial charge in [0, 0.05) is 6.42 Å². The Balaban J connectivity index is 1.86. The van der Waals surface area contributed by atoms with Crippen molar-refractivity contribution in [2.45, 2.75) is 51.6 Å². The molecule has 0 amide bonds. The third-order valence-corrected chi connectivity index (χ3v) is 4.76. The van der Waals surface area contributed by atoms with Crippen LogP contribution in [-0.4, -0.2) is 24.3 Å². The van der Waals surface area contributed by atoms with Gasteiger partial charge in [-0.25, -0.2) is 0 Å². The predicted octanol–water partition coefficient (Wildman–Crippen LogP) is 2.37. The molecule has 2 unspecified atom stereocenters. The maximum atomic E-state index is 11.3. The zero-order valence-electron chi connectivity index (χ0n) is 10.9. The summed E-state index contributed by atoms with van der Waals surface area (Å²) >= 11 is 0. The number of ether oxygens (including phenoxy) is 1. The van der Waals surface area contributed by atoms with E-state index in [2.05, 4.69) is 6.92 Å². The summed E-state index contributed by atoms with van der Waals surface area (Å²) in [7, 11) is 1.44. The lowest BCUT2D eigenvalue weighted by Gasteiger charge is -2.21. The molecule has 3 heteroatoms. The maximum absolute atomic E-state index is 11.3. The van der Waals surface area contributed by atoms with Gasteiger partial charge in [0.1, 0.15) is 0 Å². The average Bonchev–Trinajstić information content (AvgIpc) is 3.01. The van der Waals surface area contributed by atoms with Gasteiger partial charge >= 0.3 is 5.97 Å². The van der Waals surface area contributed by atoms with Crippen LogP contribution in [-0.2, 0) is 9.53 Å². The molecule has 2 fully saturated rings. The number of hydrogen-bond acceptors (Lipinski definition) is 3. The van der Waals surface area contributed by atoms with Gasteiger partial charge in [-0.1, -0.05) is 13.3 Å². The first kappa shape index (κ1) is 12.9. The Labute approximate surface area is 104 Å². The zero-order chi connectivity index (χ0) is 12.4. The second kappa shape index (κ2) is 5.38. The van der Waals surface area contributed by atoms with E-state index in [0.29, 0.717) is 18.3 Å². The largest absolute Gasteiger partial charge is 0.469 e. The van der Waals surface area contributed by atoms with Crippen molar-refractivity contribution in [3.05, 3.63) is 0 Å². The van der Waals surface area contributed by atoms with E-state index in [0.717, 1.165) is 31.1 Å². The fourth-order valence-electron chi connectivity index (χ4n) is 3.48.